The van der Waals surface area contributed by atoms with E-state index in [0.717, 1.165) is 23.5 Å². The molecule has 0 fully saturated rings. The molecule has 5 nitrogen and oxygen atoms in total. The summed E-state index contributed by atoms with van der Waals surface area (Å²) in [5.41, 5.74) is 2.74. The maximum absolute atomic E-state index is 12.8. The second-order valence-electron chi connectivity index (χ2n) is 6.54. The molecule has 0 spiro atoms. The zero-order valence-electron chi connectivity index (χ0n) is 15.4. The van der Waals surface area contributed by atoms with Gasteiger partial charge in [-0.3, -0.25) is 4.79 Å². The van der Waals surface area contributed by atoms with Crippen LogP contribution in [0.5, 0.6) is 11.5 Å². The molecular formula is C22H20N2O3S. The molecule has 0 bridgehead atoms. The summed E-state index contributed by atoms with van der Waals surface area (Å²) < 4.78 is 5.17. The van der Waals surface area contributed by atoms with Crippen LogP contribution < -0.4 is 4.74 Å². The first-order valence-electron chi connectivity index (χ1n) is 9.07. The fraction of sp³-hybridized carbons (Fsp3) is 0.182. The predicted octanol–water partition coefficient (Wildman–Crippen LogP) is 5.21. The number of nitrogens with one attached hydrogen (secondary N) is 1. The first kappa shape index (κ1) is 18.3. The molecule has 0 aliphatic rings. The van der Waals surface area contributed by atoms with Crippen LogP contribution in [-0.4, -0.2) is 28.0 Å². The zero-order chi connectivity index (χ0) is 19.5. The molecule has 2 aromatic carbocycles. The summed E-state index contributed by atoms with van der Waals surface area (Å²) in [5, 5.41) is 12.1. The Kier molecular flexibility index (Phi) is 5.12. The number of benzene rings is 2. The van der Waals surface area contributed by atoms with Gasteiger partial charge < -0.3 is 14.8 Å². The van der Waals surface area contributed by atoms with Gasteiger partial charge in [-0.1, -0.05) is 18.2 Å². The van der Waals surface area contributed by atoms with E-state index in [2.05, 4.69) is 9.97 Å². The van der Waals surface area contributed by atoms with Gasteiger partial charge in [0.15, 0.2) is 5.78 Å². The smallest absolute Gasteiger partial charge is 0.165 e. The van der Waals surface area contributed by atoms with E-state index in [-0.39, 0.29) is 11.5 Å². The van der Waals surface area contributed by atoms with Gasteiger partial charge in [-0.2, -0.15) is 0 Å². The minimum Gasteiger partial charge on any atom is -0.506 e. The highest BCUT2D eigenvalue weighted by Gasteiger charge is 2.17. The predicted molar refractivity (Wildman–Crippen MR) is 111 cm³/mol. The number of Topliss-reactive ketones (excluding diaryl/α,β-unsaturated/α-hetero) is 1. The van der Waals surface area contributed by atoms with E-state index in [1.165, 1.54) is 5.56 Å². The van der Waals surface area contributed by atoms with Gasteiger partial charge in [0, 0.05) is 12.0 Å². The molecule has 2 aromatic heterocycles. The number of aromatic nitrogens is 2. The summed E-state index contributed by atoms with van der Waals surface area (Å²) in [6.07, 6.45) is 1.99. The van der Waals surface area contributed by atoms with E-state index in [9.17, 15) is 9.90 Å². The normalized spacial score (nSPS) is 11.0. The highest BCUT2D eigenvalue weighted by molar-refractivity contribution is 7.13. The number of ketones is 1. The van der Waals surface area contributed by atoms with Crippen molar-refractivity contribution in [3.8, 4) is 22.2 Å². The van der Waals surface area contributed by atoms with Crippen LogP contribution in [0.2, 0.25) is 0 Å². The molecule has 142 valence electrons. The molecule has 0 atom stereocenters. The van der Waals surface area contributed by atoms with Crippen molar-refractivity contribution in [2.24, 2.45) is 0 Å². The van der Waals surface area contributed by atoms with Crippen molar-refractivity contribution in [1.82, 2.24) is 9.97 Å². The Morgan fingerprint density at radius 3 is 2.71 bits per heavy atom. The number of aromatic amines is 1. The second kappa shape index (κ2) is 7.86. The van der Waals surface area contributed by atoms with Crippen molar-refractivity contribution < 1.29 is 14.6 Å². The average molecular weight is 392 g/mol. The van der Waals surface area contributed by atoms with Crippen molar-refractivity contribution in [3.05, 3.63) is 65.0 Å². The van der Waals surface area contributed by atoms with Crippen molar-refractivity contribution in [2.75, 3.05) is 7.11 Å². The molecule has 2 heterocycles. The Labute approximate surface area is 166 Å². The Balaban J connectivity index is 1.51. The fourth-order valence-corrected chi connectivity index (χ4v) is 3.88. The molecule has 0 unspecified atom stereocenters. The van der Waals surface area contributed by atoms with E-state index in [4.69, 9.17) is 4.74 Å². The van der Waals surface area contributed by atoms with Crippen molar-refractivity contribution in [3.63, 3.8) is 0 Å². The van der Waals surface area contributed by atoms with Crippen molar-refractivity contribution in [1.29, 1.82) is 0 Å². The molecule has 0 radical (unpaired) electrons. The van der Waals surface area contributed by atoms with Gasteiger partial charge in [-0.05, 0) is 54.1 Å². The number of H-pyrrole nitrogens is 1. The first-order valence-corrected chi connectivity index (χ1v) is 9.95. The van der Waals surface area contributed by atoms with Crippen LogP contribution in [0.3, 0.4) is 0 Å². The summed E-state index contributed by atoms with van der Waals surface area (Å²) in [6, 6.07) is 15.0. The first-order chi connectivity index (χ1) is 13.7. The number of imidazole rings is 1. The second-order valence-corrected chi connectivity index (χ2v) is 7.49. The van der Waals surface area contributed by atoms with E-state index >= 15 is 0 Å². The highest BCUT2D eigenvalue weighted by atomic mass is 32.1. The van der Waals surface area contributed by atoms with Gasteiger partial charge in [0.05, 0.1) is 12.0 Å². The lowest BCUT2D eigenvalue weighted by Gasteiger charge is -2.05. The number of hydrogen-bond acceptors (Lipinski definition) is 5. The Morgan fingerprint density at radius 1 is 1.18 bits per heavy atom. The van der Waals surface area contributed by atoms with Crippen LogP contribution in [0, 0.1) is 0 Å². The van der Waals surface area contributed by atoms with E-state index in [0.29, 0.717) is 28.8 Å². The number of rotatable bonds is 7. The third-order valence-corrected chi connectivity index (χ3v) is 5.58. The maximum atomic E-state index is 12.8. The molecule has 0 saturated heterocycles. The lowest BCUT2D eigenvalue weighted by Crippen LogP contribution is -2.01. The zero-order valence-corrected chi connectivity index (χ0v) is 16.3. The van der Waals surface area contributed by atoms with E-state index in [1.54, 1.807) is 30.6 Å². The molecule has 0 saturated carbocycles. The number of hydrogen-bond donors (Lipinski definition) is 2. The van der Waals surface area contributed by atoms with E-state index < -0.39 is 0 Å². The Bertz CT molecular complexity index is 1100. The number of phenols is 1. The third kappa shape index (κ3) is 3.64. The molecule has 6 heteroatoms. The van der Waals surface area contributed by atoms with Gasteiger partial charge in [0.2, 0.25) is 0 Å². The number of phenolic OH excluding ortho intramolecular Hbond substituents is 1. The number of methoxy groups -OCH3 is 1. The minimum absolute atomic E-state index is 0.0303. The Hall–Kier alpha value is -3.12. The number of nitrogens with zero attached hydrogens (tertiary/aromatic N) is 1. The van der Waals surface area contributed by atoms with Crippen molar-refractivity contribution in [2.45, 2.75) is 19.3 Å². The summed E-state index contributed by atoms with van der Waals surface area (Å²) in [5.74, 6) is 1.62. The van der Waals surface area contributed by atoms with Crippen LogP contribution in [-0.2, 0) is 6.42 Å². The molecule has 4 rings (SSSR count). The summed E-state index contributed by atoms with van der Waals surface area (Å²) in [4.78, 5) is 21.5. The van der Waals surface area contributed by atoms with Gasteiger partial charge in [-0.25, -0.2) is 4.98 Å². The molecule has 0 aliphatic heterocycles. The molecular weight excluding hydrogens is 372 g/mol. The SMILES string of the molecule is COc1ccc(CCCC(=O)c2ccc(O)c3[nH]c(-c4cccs4)nc23)cc1. The molecule has 2 N–H and O–H groups in total. The molecule has 0 aliphatic carbocycles. The van der Waals surface area contributed by atoms with Gasteiger partial charge in [0.1, 0.15) is 28.4 Å². The van der Waals surface area contributed by atoms with E-state index in [1.807, 2.05) is 41.8 Å². The van der Waals surface area contributed by atoms with Crippen LogP contribution >= 0.6 is 11.3 Å². The quantitative estimate of drug-likeness (QED) is 0.423. The number of aryl methyl sites for hydroxylation is 1. The fourth-order valence-electron chi connectivity index (χ4n) is 3.21. The van der Waals surface area contributed by atoms with Crippen LogP contribution in [0.15, 0.2) is 53.9 Å². The molecule has 28 heavy (non-hydrogen) atoms. The Morgan fingerprint density at radius 2 is 2.00 bits per heavy atom. The number of carbonyl (C=O) groups is 1. The standard InChI is InChI=1S/C22H20N2O3S/c1-27-15-9-7-14(8-10-15)4-2-5-17(25)16-11-12-18(26)21-20(16)23-22(24-21)19-6-3-13-28-19/h3,6-13,26H,2,4-5H2,1H3,(H,23,24). The lowest BCUT2D eigenvalue weighted by atomic mass is 10.0. The minimum atomic E-state index is 0.0303. The lowest BCUT2D eigenvalue weighted by molar-refractivity contribution is 0.0981. The monoisotopic (exact) mass is 392 g/mol. The maximum Gasteiger partial charge on any atom is 0.165 e. The summed E-state index contributed by atoms with van der Waals surface area (Å²) in [6.45, 7) is 0. The topological polar surface area (TPSA) is 75.2 Å². The number of ether oxygens (including phenoxy) is 1. The van der Waals surface area contributed by atoms with Crippen LogP contribution in [0.4, 0.5) is 0 Å². The van der Waals surface area contributed by atoms with Gasteiger partial charge in [-0.15, -0.1) is 11.3 Å². The van der Waals surface area contributed by atoms with Crippen LogP contribution in [0.1, 0.15) is 28.8 Å². The van der Waals surface area contributed by atoms with Gasteiger partial charge in [0.25, 0.3) is 0 Å². The number of carbonyl (C=O) groups excluding carboxylic acids is 1. The third-order valence-electron chi connectivity index (χ3n) is 4.71. The number of thiophene rings is 1. The number of aromatic hydroxyl groups is 1. The van der Waals surface area contributed by atoms with Crippen molar-refractivity contribution >= 4 is 28.2 Å². The largest absolute Gasteiger partial charge is 0.506 e. The molecule has 0 amide bonds. The number of fused-ring (bicyclic) bond motifs is 1. The average Bonchev–Trinajstić information content (AvgIpc) is 3.39. The van der Waals surface area contributed by atoms with Crippen LogP contribution in [0.25, 0.3) is 21.7 Å². The molecule has 4 aromatic rings. The highest BCUT2D eigenvalue weighted by Crippen LogP contribution is 2.31. The summed E-state index contributed by atoms with van der Waals surface area (Å²) >= 11 is 1.56. The summed E-state index contributed by atoms with van der Waals surface area (Å²) in [7, 11) is 1.64. The van der Waals surface area contributed by atoms with Gasteiger partial charge >= 0.3 is 0 Å².